The number of carbonyl (C=O) groups is 2. The Bertz CT molecular complexity index is 508. The lowest BCUT2D eigenvalue weighted by Gasteiger charge is -2.25. The van der Waals surface area contributed by atoms with Crippen LogP contribution < -0.4 is 10.2 Å². The highest BCUT2D eigenvalue weighted by atomic mass is 35.5. The second-order valence-corrected chi connectivity index (χ2v) is 5.51. The van der Waals surface area contributed by atoms with Crippen molar-refractivity contribution >= 4 is 29.3 Å². The van der Waals surface area contributed by atoms with Gasteiger partial charge in [0.05, 0.1) is 0 Å². The largest absolute Gasteiger partial charge is 0.480 e. The third-order valence-electron chi connectivity index (χ3n) is 2.67. The van der Waals surface area contributed by atoms with Crippen LogP contribution in [0.25, 0.3) is 0 Å². The number of halogens is 1. The SMILES string of the molecule is CC(CN(C)C)NC(=O)N(CC(=O)O)c1cccc(Cl)c1. The summed E-state index contributed by atoms with van der Waals surface area (Å²) >= 11 is 5.89. The summed E-state index contributed by atoms with van der Waals surface area (Å²) in [6.07, 6.45) is 0. The average Bonchev–Trinajstić information content (AvgIpc) is 2.34. The molecule has 116 valence electrons. The van der Waals surface area contributed by atoms with Crippen molar-refractivity contribution in [1.82, 2.24) is 10.2 Å². The van der Waals surface area contributed by atoms with Crippen molar-refractivity contribution < 1.29 is 14.7 Å². The lowest BCUT2D eigenvalue weighted by atomic mass is 10.3. The summed E-state index contributed by atoms with van der Waals surface area (Å²) in [6, 6.07) is 5.96. The Kier molecular flexibility index (Phi) is 6.45. The summed E-state index contributed by atoms with van der Waals surface area (Å²) in [5, 5.41) is 12.2. The minimum absolute atomic E-state index is 0.108. The van der Waals surface area contributed by atoms with Crippen LogP contribution in [0.3, 0.4) is 0 Å². The monoisotopic (exact) mass is 313 g/mol. The van der Waals surface area contributed by atoms with Gasteiger partial charge in [-0.15, -0.1) is 0 Å². The maximum absolute atomic E-state index is 12.3. The van der Waals surface area contributed by atoms with Crippen molar-refractivity contribution in [3.05, 3.63) is 29.3 Å². The molecule has 0 aliphatic heterocycles. The van der Waals surface area contributed by atoms with Crippen LogP contribution in [0.15, 0.2) is 24.3 Å². The molecule has 1 aromatic rings. The van der Waals surface area contributed by atoms with E-state index in [9.17, 15) is 9.59 Å². The highest BCUT2D eigenvalue weighted by Crippen LogP contribution is 2.19. The molecular formula is C14H20ClN3O3. The Balaban J connectivity index is 2.87. The number of rotatable bonds is 6. The fraction of sp³-hybridized carbons (Fsp3) is 0.429. The second-order valence-electron chi connectivity index (χ2n) is 5.07. The lowest BCUT2D eigenvalue weighted by Crippen LogP contribution is -2.48. The number of likely N-dealkylation sites (N-methyl/N-ethyl adjacent to an activating group) is 1. The van der Waals surface area contributed by atoms with Gasteiger partial charge >= 0.3 is 12.0 Å². The Morgan fingerprint density at radius 1 is 1.38 bits per heavy atom. The third kappa shape index (κ3) is 6.01. The number of carboxylic acid groups (broad SMARTS) is 1. The topological polar surface area (TPSA) is 72.9 Å². The molecule has 2 N–H and O–H groups in total. The molecule has 0 radical (unpaired) electrons. The van der Waals surface area contributed by atoms with Crippen LogP contribution >= 0.6 is 11.6 Å². The third-order valence-corrected chi connectivity index (χ3v) is 2.90. The molecule has 0 fully saturated rings. The molecule has 6 nitrogen and oxygen atoms in total. The van der Waals surface area contributed by atoms with Crippen molar-refractivity contribution in [3.8, 4) is 0 Å². The number of urea groups is 1. The van der Waals surface area contributed by atoms with Gasteiger partial charge in [0.2, 0.25) is 0 Å². The first-order chi connectivity index (χ1) is 9.79. The summed E-state index contributed by atoms with van der Waals surface area (Å²) < 4.78 is 0. The van der Waals surface area contributed by atoms with Gasteiger partial charge in [-0.05, 0) is 39.2 Å². The van der Waals surface area contributed by atoms with Crippen LogP contribution in [0.5, 0.6) is 0 Å². The van der Waals surface area contributed by atoms with Crippen molar-refractivity contribution in [3.63, 3.8) is 0 Å². The summed E-state index contributed by atoms with van der Waals surface area (Å²) in [6.45, 7) is 2.08. The Labute approximate surface area is 129 Å². The van der Waals surface area contributed by atoms with Crippen LogP contribution in [-0.2, 0) is 4.79 Å². The molecule has 1 rings (SSSR count). The first-order valence-corrected chi connectivity index (χ1v) is 6.87. The molecular weight excluding hydrogens is 294 g/mol. The maximum Gasteiger partial charge on any atom is 0.323 e. The van der Waals surface area contributed by atoms with E-state index < -0.39 is 18.5 Å². The number of carboxylic acids is 1. The van der Waals surface area contributed by atoms with Crippen molar-refractivity contribution in [1.29, 1.82) is 0 Å². The van der Waals surface area contributed by atoms with Gasteiger partial charge in [0, 0.05) is 23.3 Å². The number of nitrogens with zero attached hydrogens (tertiary/aromatic N) is 2. The number of benzene rings is 1. The van der Waals surface area contributed by atoms with E-state index in [1.165, 1.54) is 0 Å². The summed E-state index contributed by atoms with van der Waals surface area (Å²) in [7, 11) is 3.79. The molecule has 0 aliphatic rings. The fourth-order valence-corrected chi connectivity index (χ4v) is 2.13. The van der Waals surface area contributed by atoms with E-state index >= 15 is 0 Å². The van der Waals surface area contributed by atoms with Gasteiger partial charge in [-0.2, -0.15) is 0 Å². The van der Waals surface area contributed by atoms with E-state index in [-0.39, 0.29) is 6.04 Å². The molecule has 1 unspecified atom stereocenters. The molecule has 0 aliphatic carbocycles. The number of hydrogen-bond acceptors (Lipinski definition) is 3. The maximum atomic E-state index is 12.3. The quantitative estimate of drug-likeness (QED) is 0.841. The predicted molar refractivity (Wildman–Crippen MR) is 83.0 cm³/mol. The van der Waals surface area contributed by atoms with Gasteiger partial charge in [0.25, 0.3) is 0 Å². The van der Waals surface area contributed by atoms with E-state index in [0.717, 1.165) is 4.90 Å². The molecule has 2 amide bonds. The lowest BCUT2D eigenvalue weighted by molar-refractivity contribution is -0.135. The molecule has 21 heavy (non-hydrogen) atoms. The summed E-state index contributed by atoms with van der Waals surface area (Å²) in [4.78, 5) is 26.3. The normalized spacial score (nSPS) is 12.0. The number of carbonyl (C=O) groups excluding carboxylic acids is 1. The first kappa shape index (κ1) is 17.3. The van der Waals surface area contributed by atoms with E-state index in [1.807, 2.05) is 25.9 Å². The standard InChI is InChI=1S/C14H20ClN3O3/c1-10(8-17(2)3)16-14(21)18(9-13(19)20)12-6-4-5-11(15)7-12/h4-7,10H,8-9H2,1-3H3,(H,16,21)(H,19,20). The van der Waals surface area contributed by atoms with Gasteiger partial charge in [-0.25, -0.2) is 4.79 Å². The molecule has 1 aromatic carbocycles. The van der Waals surface area contributed by atoms with Crippen molar-refractivity contribution in [2.45, 2.75) is 13.0 Å². The molecule has 0 saturated heterocycles. The smallest absolute Gasteiger partial charge is 0.323 e. The number of hydrogen-bond donors (Lipinski definition) is 2. The number of aliphatic carboxylic acids is 1. The van der Waals surface area contributed by atoms with Gasteiger partial charge in [0.15, 0.2) is 0 Å². The zero-order chi connectivity index (χ0) is 16.0. The Morgan fingerprint density at radius 2 is 2.05 bits per heavy atom. The second kappa shape index (κ2) is 7.85. The van der Waals surface area contributed by atoms with Crippen LogP contribution in [0, 0.1) is 0 Å². The minimum Gasteiger partial charge on any atom is -0.480 e. The van der Waals surface area contributed by atoms with Crippen molar-refractivity contribution in [2.24, 2.45) is 0 Å². The molecule has 0 saturated carbocycles. The summed E-state index contributed by atoms with van der Waals surface area (Å²) in [5.41, 5.74) is 0.444. The van der Waals surface area contributed by atoms with Crippen LogP contribution in [0.4, 0.5) is 10.5 Å². The molecule has 1 atom stereocenters. The van der Waals surface area contributed by atoms with E-state index in [4.69, 9.17) is 16.7 Å². The number of amides is 2. The average molecular weight is 314 g/mol. The molecule has 0 aromatic heterocycles. The predicted octanol–water partition coefficient (Wildman–Crippen LogP) is 1.89. The van der Waals surface area contributed by atoms with E-state index in [0.29, 0.717) is 17.3 Å². The highest BCUT2D eigenvalue weighted by molar-refractivity contribution is 6.30. The van der Waals surface area contributed by atoms with Gasteiger partial charge < -0.3 is 15.3 Å². The van der Waals surface area contributed by atoms with Crippen molar-refractivity contribution in [2.75, 3.05) is 32.1 Å². The zero-order valence-corrected chi connectivity index (χ0v) is 13.1. The molecule has 0 spiro atoms. The Hall–Kier alpha value is -1.79. The van der Waals surface area contributed by atoms with Crippen LogP contribution in [0.2, 0.25) is 5.02 Å². The fourth-order valence-electron chi connectivity index (χ4n) is 1.94. The number of anilines is 1. The Morgan fingerprint density at radius 3 is 2.57 bits per heavy atom. The molecule has 0 heterocycles. The molecule has 7 heteroatoms. The molecule has 0 bridgehead atoms. The first-order valence-electron chi connectivity index (χ1n) is 6.49. The van der Waals surface area contributed by atoms with Gasteiger partial charge in [0.1, 0.15) is 6.54 Å². The van der Waals surface area contributed by atoms with Gasteiger partial charge in [-0.3, -0.25) is 9.69 Å². The minimum atomic E-state index is -1.09. The van der Waals surface area contributed by atoms with E-state index in [2.05, 4.69) is 5.32 Å². The highest BCUT2D eigenvalue weighted by Gasteiger charge is 2.20. The summed E-state index contributed by atoms with van der Waals surface area (Å²) in [5.74, 6) is -1.09. The van der Waals surface area contributed by atoms with Crippen LogP contribution in [0.1, 0.15) is 6.92 Å². The number of nitrogens with one attached hydrogen (secondary N) is 1. The van der Waals surface area contributed by atoms with Crippen LogP contribution in [-0.4, -0.2) is 55.2 Å². The zero-order valence-electron chi connectivity index (χ0n) is 12.3. The van der Waals surface area contributed by atoms with Gasteiger partial charge in [-0.1, -0.05) is 17.7 Å². The van der Waals surface area contributed by atoms with E-state index in [1.54, 1.807) is 24.3 Å².